The molecule has 2 N–H and O–H groups in total. The first-order valence-corrected chi connectivity index (χ1v) is 16.3. The summed E-state index contributed by atoms with van der Waals surface area (Å²) in [5, 5.41) is 6.67. The molecule has 0 saturated carbocycles. The van der Waals surface area contributed by atoms with Crippen LogP contribution < -0.4 is 15.4 Å². The summed E-state index contributed by atoms with van der Waals surface area (Å²) < 4.78 is 69.9. The van der Waals surface area contributed by atoms with Crippen molar-refractivity contribution in [2.45, 2.75) is 62.6 Å². The summed E-state index contributed by atoms with van der Waals surface area (Å²) >= 11 is 0. The fraction of sp³-hybridized carbons (Fsp3) is 0.469. The van der Waals surface area contributed by atoms with Crippen LogP contribution in [0.25, 0.3) is 6.08 Å². The van der Waals surface area contributed by atoms with E-state index < -0.39 is 28.4 Å². The number of nitrogens with one attached hydrogen (secondary N) is 2. The van der Waals surface area contributed by atoms with E-state index in [1.165, 1.54) is 19.2 Å². The van der Waals surface area contributed by atoms with Crippen molar-refractivity contribution < 1.29 is 31.1 Å². The van der Waals surface area contributed by atoms with Crippen molar-refractivity contribution in [1.82, 2.24) is 4.90 Å². The van der Waals surface area contributed by atoms with Crippen LogP contribution in [0.4, 0.5) is 24.5 Å². The molecule has 1 heterocycles. The monoisotopic (exact) mass is 617 g/mol. The Morgan fingerprint density at radius 3 is 2.51 bits per heavy atom. The standard InChI is InChI=1S/C32H38F3N3O4S/c1-4-31(39)38-17-14-25(15-18-38)37-28-9-5-7-22-10-11-24(21-32(33,34)35)23(19-27(22)28)8-6-16-36-29-13-12-26(43(3,40)41)20-30(29)42-2/h5,7,9,12-13,19-20,24-25,36-37H,4,10-11,14-18,21H2,1-3H3. The Balaban J connectivity index is 1.56. The van der Waals surface area contributed by atoms with E-state index >= 15 is 0 Å². The molecule has 1 aliphatic carbocycles. The van der Waals surface area contributed by atoms with Gasteiger partial charge in [-0.1, -0.05) is 30.9 Å². The predicted octanol–water partition coefficient (Wildman–Crippen LogP) is 5.93. The molecule has 2 aromatic carbocycles. The Labute approximate surface area is 251 Å². The maximum Gasteiger partial charge on any atom is 0.389 e. The van der Waals surface area contributed by atoms with E-state index in [9.17, 15) is 26.4 Å². The van der Waals surface area contributed by atoms with Crippen LogP contribution >= 0.6 is 0 Å². The smallest absolute Gasteiger partial charge is 0.389 e. The number of allylic oxidation sites excluding steroid dienone is 1. The summed E-state index contributed by atoms with van der Waals surface area (Å²) in [6, 6.07) is 10.4. The van der Waals surface area contributed by atoms with Gasteiger partial charge >= 0.3 is 6.18 Å². The number of hydrogen-bond acceptors (Lipinski definition) is 6. The molecule has 11 heteroatoms. The van der Waals surface area contributed by atoms with Gasteiger partial charge in [0, 0.05) is 60.6 Å². The number of anilines is 2. The normalized spacial score (nSPS) is 17.6. The SMILES string of the molecule is CCC(=O)N1CCC(Nc2cccc3c2C=C(C#CCNc2ccc(S(C)(=O)=O)cc2OC)C(CC(F)(F)F)CC3)CC1. The van der Waals surface area contributed by atoms with Crippen LogP contribution in [0, 0.1) is 17.8 Å². The van der Waals surface area contributed by atoms with Gasteiger partial charge in [-0.2, -0.15) is 13.2 Å². The van der Waals surface area contributed by atoms with Crippen molar-refractivity contribution in [1.29, 1.82) is 0 Å². The number of benzene rings is 2. The van der Waals surface area contributed by atoms with E-state index in [2.05, 4.69) is 22.5 Å². The van der Waals surface area contributed by atoms with Crippen molar-refractivity contribution in [3.05, 3.63) is 53.1 Å². The first-order chi connectivity index (χ1) is 20.4. The highest BCUT2D eigenvalue weighted by atomic mass is 32.2. The van der Waals surface area contributed by atoms with Gasteiger partial charge in [-0.15, -0.1) is 0 Å². The third kappa shape index (κ3) is 8.69. The number of ether oxygens (including phenoxy) is 1. The molecule has 2 aromatic rings. The molecule has 4 rings (SSSR count). The third-order valence-corrected chi connectivity index (χ3v) is 9.00. The number of amides is 1. The van der Waals surface area contributed by atoms with Crippen LogP contribution in [0.15, 0.2) is 46.9 Å². The zero-order valence-corrected chi connectivity index (χ0v) is 25.5. The lowest BCUT2D eigenvalue weighted by molar-refractivity contribution is -0.142. The topological polar surface area (TPSA) is 87.7 Å². The number of likely N-dealkylation sites (tertiary alicyclic amines) is 1. The molecule has 1 atom stereocenters. The molecule has 232 valence electrons. The van der Waals surface area contributed by atoms with Crippen molar-refractivity contribution in [2.75, 3.05) is 43.6 Å². The van der Waals surface area contributed by atoms with Gasteiger partial charge in [-0.25, -0.2) is 8.42 Å². The second kappa shape index (κ2) is 13.8. The van der Waals surface area contributed by atoms with E-state index in [1.807, 2.05) is 30.0 Å². The summed E-state index contributed by atoms with van der Waals surface area (Å²) in [6.45, 7) is 3.32. The van der Waals surface area contributed by atoms with Crippen LogP contribution in [-0.2, 0) is 21.1 Å². The number of fused-ring (bicyclic) bond motifs is 1. The number of nitrogens with zero attached hydrogens (tertiary/aromatic N) is 1. The number of hydrogen-bond donors (Lipinski definition) is 2. The van der Waals surface area contributed by atoms with Crippen molar-refractivity contribution in [3.8, 4) is 17.6 Å². The van der Waals surface area contributed by atoms with Crippen LogP contribution in [-0.4, -0.2) is 64.4 Å². The number of halogens is 3. The Morgan fingerprint density at radius 2 is 1.86 bits per heavy atom. The molecule has 0 radical (unpaired) electrons. The lowest BCUT2D eigenvalue weighted by Gasteiger charge is -2.33. The molecule has 43 heavy (non-hydrogen) atoms. The highest BCUT2D eigenvalue weighted by molar-refractivity contribution is 7.90. The molecular weight excluding hydrogens is 579 g/mol. The minimum atomic E-state index is -4.33. The summed E-state index contributed by atoms with van der Waals surface area (Å²) in [5.41, 5.74) is 3.64. The first kappa shape index (κ1) is 32.3. The molecule has 1 unspecified atom stereocenters. The number of methoxy groups -OCH3 is 1. The minimum absolute atomic E-state index is 0.114. The van der Waals surface area contributed by atoms with E-state index in [-0.39, 0.29) is 23.4 Å². The van der Waals surface area contributed by atoms with E-state index in [0.29, 0.717) is 49.4 Å². The van der Waals surface area contributed by atoms with Gasteiger partial charge < -0.3 is 20.3 Å². The van der Waals surface area contributed by atoms with Crippen LogP contribution in [0.3, 0.4) is 0 Å². The molecule has 2 aliphatic rings. The summed E-state index contributed by atoms with van der Waals surface area (Å²) in [7, 11) is -1.99. The maximum absolute atomic E-state index is 13.6. The Morgan fingerprint density at radius 1 is 1.12 bits per heavy atom. The highest BCUT2D eigenvalue weighted by Gasteiger charge is 2.34. The van der Waals surface area contributed by atoms with Gasteiger partial charge in [0.15, 0.2) is 9.84 Å². The lowest BCUT2D eigenvalue weighted by atomic mass is 9.91. The van der Waals surface area contributed by atoms with E-state index in [4.69, 9.17) is 4.74 Å². The molecule has 0 spiro atoms. The number of carbonyl (C=O) groups excluding carboxylic acids is 1. The second-order valence-electron chi connectivity index (χ2n) is 11.0. The van der Waals surface area contributed by atoms with E-state index in [1.54, 1.807) is 12.1 Å². The third-order valence-electron chi connectivity index (χ3n) is 7.89. The van der Waals surface area contributed by atoms with Crippen LogP contribution in [0.1, 0.15) is 50.2 Å². The number of alkyl halides is 3. The first-order valence-electron chi connectivity index (χ1n) is 14.4. The number of carbonyl (C=O) groups is 1. The molecule has 1 saturated heterocycles. The summed E-state index contributed by atoms with van der Waals surface area (Å²) in [4.78, 5) is 14.1. The fourth-order valence-corrected chi connectivity index (χ4v) is 6.20. The largest absolute Gasteiger partial charge is 0.495 e. The van der Waals surface area contributed by atoms with Crippen LogP contribution in [0.5, 0.6) is 5.75 Å². The maximum atomic E-state index is 13.6. The minimum Gasteiger partial charge on any atom is -0.495 e. The quantitative estimate of drug-likeness (QED) is 0.358. The summed E-state index contributed by atoms with van der Waals surface area (Å²) in [6.07, 6.45) is 0.506. The molecule has 0 aromatic heterocycles. The molecule has 0 bridgehead atoms. The summed E-state index contributed by atoms with van der Waals surface area (Å²) in [5.74, 6) is 5.67. The second-order valence-corrected chi connectivity index (χ2v) is 13.0. The van der Waals surface area contributed by atoms with Crippen molar-refractivity contribution >= 4 is 33.2 Å². The van der Waals surface area contributed by atoms with Gasteiger partial charge in [0.2, 0.25) is 5.91 Å². The molecular formula is C32H38F3N3O4S. The van der Waals surface area contributed by atoms with Gasteiger partial charge in [0.25, 0.3) is 0 Å². The lowest BCUT2D eigenvalue weighted by Crippen LogP contribution is -2.42. The van der Waals surface area contributed by atoms with Gasteiger partial charge in [-0.3, -0.25) is 4.79 Å². The molecule has 1 amide bonds. The average Bonchev–Trinajstić information content (AvgIpc) is 3.13. The highest BCUT2D eigenvalue weighted by Crippen LogP contribution is 2.38. The number of piperidine rings is 1. The molecule has 1 aliphatic heterocycles. The molecule has 7 nitrogen and oxygen atoms in total. The average molecular weight is 618 g/mol. The van der Waals surface area contributed by atoms with E-state index in [0.717, 1.165) is 35.9 Å². The fourth-order valence-electron chi connectivity index (χ4n) is 5.57. The zero-order valence-electron chi connectivity index (χ0n) is 24.7. The number of sulfone groups is 1. The molecule has 1 fully saturated rings. The Hall–Kier alpha value is -3.65. The van der Waals surface area contributed by atoms with Gasteiger partial charge in [-0.05, 0) is 55.5 Å². The zero-order chi connectivity index (χ0) is 31.2. The van der Waals surface area contributed by atoms with Crippen LogP contribution in [0.2, 0.25) is 0 Å². The van der Waals surface area contributed by atoms with Gasteiger partial charge in [0.1, 0.15) is 5.75 Å². The van der Waals surface area contributed by atoms with Gasteiger partial charge in [0.05, 0.1) is 30.7 Å². The van der Waals surface area contributed by atoms with Crippen molar-refractivity contribution in [2.24, 2.45) is 5.92 Å². The Bertz CT molecular complexity index is 1520. The number of rotatable bonds is 8. The van der Waals surface area contributed by atoms with Crippen molar-refractivity contribution in [3.63, 3.8) is 0 Å². The Kier molecular flexibility index (Phi) is 10.3. The predicted molar refractivity (Wildman–Crippen MR) is 163 cm³/mol. The number of aryl methyl sites for hydroxylation is 1.